The molecule has 0 radical (unpaired) electrons. The van der Waals surface area contributed by atoms with Gasteiger partial charge < -0.3 is 5.11 Å². The molecule has 0 atom stereocenters. The third-order valence-corrected chi connectivity index (χ3v) is 8.63. The molecule has 0 unspecified atom stereocenters. The number of carboxylic acids is 1. The van der Waals surface area contributed by atoms with E-state index < -0.39 is 12.9 Å². The molecular weight excluding hydrogens is 362 g/mol. The normalized spacial score (nSPS) is 10.7. The number of hydrogen-bond donors (Lipinski definition) is 1. The monoisotopic (exact) mass is 386 g/mol. The zero-order chi connectivity index (χ0) is 18.2. The average Bonchev–Trinajstić information content (AvgIpc) is 2.70. The van der Waals surface area contributed by atoms with Crippen molar-refractivity contribution in [2.45, 2.75) is 19.3 Å². The summed E-state index contributed by atoms with van der Waals surface area (Å²) in [6.45, 7) is -1.93. The fraction of sp³-hybridized carbons (Fsp3) is 0.130. The van der Waals surface area contributed by atoms with E-state index in [1.165, 1.54) is 15.9 Å². The van der Waals surface area contributed by atoms with E-state index >= 15 is 0 Å². The summed E-state index contributed by atoms with van der Waals surface area (Å²) in [4.78, 5) is 10.9. The molecule has 134 valence electrons. The van der Waals surface area contributed by atoms with Crippen LogP contribution in [-0.2, 0) is 4.79 Å². The first-order chi connectivity index (χ1) is 12.7. The van der Waals surface area contributed by atoms with Gasteiger partial charge in [0.05, 0.1) is 0 Å². The topological polar surface area (TPSA) is 37.3 Å². The molecule has 0 saturated heterocycles. The minimum absolute atomic E-state index is 0. The van der Waals surface area contributed by atoms with Crippen LogP contribution < -0.4 is 15.9 Å². The van der Waals surface area contributed by atoms with Gasteiger partial charge in [-0.3, -0.25) is 4.79 Å². The maximum atomic E-state index is 10.9. The number of carbonyl (C=O) groups is 1. The predicted molar refractivity (Wildman–Crippen MR) is 120 cm³/mol. The Bertz CT molecular complexity index is 790. The van der Waals surface area contributed by atoms with Crippen molar-refractivity contribution >= 4 is 64.1 Å². The molecule has 0 aliphatic heterocycles. The van der Waals surface area contributed by atoms with Gasteiger partial charge in [-0.1, -0.05) is 96.8 Å². The molecule has 0 bridgehead atoms. The Morgan fingerprint density at radius 1 is 0.741 bits per heavy atom. The van der Waals surface area contributed by atoms with E-state index in [1.54, 1.807) is 0 Å². The number of unbranched alkanes of at least 4 members (excludes halogenated alkanes) is 1. The van der Waals surface area contributed by atoms with Crippen molar-refractivity contribution in [3.05, 3.63) is 91.0 Å². The minimum atomic E-state index is -1.93. The van der Waals surface area contributed by atoms with Crippen molar-refractivity contribution in [3.8, 4) is 0 Å². The van der Waals surface area contributed by atoms with Crippen molar-refractivity contribution in [1.82, 2.24) is 0 Å². The summed E-state index contributed by atoms with van der Waals surface area (Å²) in [6.07, 6.45) is 1.64. The molecule has 0 fully saturated rings. The van der Waals surface area contributed by atoms with Gasteiger partial charge in [-0.15, -0.1) is 0 Å². The fourth-order valence-corrected chi connectivity index (χ4v) is 7.32. The van der Waals surface area contributed by atoms with Crippen LogP contribution in [0, 0.1) is 0 Å². The molecule has 0 spiro atoms. The average molecular weight is 386 g/mol. The van der Waals surface area contributed by atoms with Gasteiger partial charge in [-0.25, -0.2) is 0 Å². The number of carboxylic acid groups (broad SMARTS) is 1. The van der Waals surface area contributed by atoms with Crippen molar-refractivity contribution in [2.75, 3.05) is 0 Å². The molecule has 4 heteroatoms. The maximum absolute atomic E-state index is 10.9. The Kier molecular flexibility index (Phi) is 8.60. The number of aliphatic carboxylic acids is 1. The zero-order valence-corrected chi connectivity index (χ0v) is 15.6. The van der Waals surface area contributed by atoms with Gasteiger partial charge in [0.1, 0.15) is 0 Å². The first-order valence-corrected chi connectivity index (χ1v) is 10.7. The fourth-order valence-electron chi connectivity index (χ4n) is 3.29. The summed E-state index contributed by atoms with van der Waals surface area (Å²) in [5.74, 6) is 1.65. The van der Waals surface area contributed by atoms with Crippen molar-refractivity contribution in [2.24, 2.45) is 0 Å². The molecule has 0 aliphatic rings. The molecule has 3 rings (SSSR count). The molecule has 27 heavy (non-hydrogen) atoms. The standard InChI is InChI=1S/C23H23O2P.Na.H/c24-23(25)18-10-11-19-26(20-12-4-1-5-13-20,21-14-6-2-7-15-21)22-16-8-3-9-17-22;;/h1-9,12-17,19H,10-11,18H2,(H,24,25);;. The summed E-state index contributed by atoms with van der Waals surface area (Å²) < 4.78 is 0. The quantitative estimate of drug-likeness (QED) is 0.384. The predicted octanol–water partition coefficient (Wildman–Crippen LogP) is 3.39. The first-order valence-electron chi connectivity index (χ1n) is 8.85. The van der Waals surface area contributed by atoms with Crippen molar-refractivity contribution in [1.29, 1.82) is 0 Å². The second kappa shape index (κ2) is 10.7. The Balaban J connectivity index is 0.00000261. The van der Waals surface area contributed by atoms with Crippen molar-refractivity contribution < 1.29 is 9.90 Å². The molecule has 0 heterocycles. The van der Waals surface area contributed by atoms with Crippen LogP contribution >= 0.6 is 6.89 Å². The summed E-state index contributed by atoms with van der Waals surface area (Å²) in [5.41, 5.74) is 0. The van der Waals surface area contributed by atoms with Gasteiger partial charge in [0.2, 0.25) is 0 Å². The summed E-state index contributed by atoms with van der Waals surface area (Å²) >= 11 is 0. The van der Waals surface area contributed by atoms with Gasteiger partial charge in [0.15, 0.2) is 0 Å². The Labute approximate surface area is 183 Å². The summed E-state index contributed by atoms with van der Waals surface area (Å²) in [5, 5.41) is 12.9. The van der Waals surface area contributed by atoms with E-state index in [9.17, 15) is 4.79 Å². The Morgan fingerprint density at radius 2 is 1.11 bits per heavy atom. The van der Waals surface area contributed by atoms with E-state index in [2.05, 4.69) is 78.6 Å². The molecule has 2 nitrogen and oxygen atoms in total. The SMILES string of the molecule is O=C(O)CCCC=P(c1ccccc1)(c1ccccc1)c1ccccc1.[NaH]. The van der Waals surface area contributed by atoms with Gasteiger partial charge in [-0.2, -0.15) is 0 Å². The molecule has 0 saturated carbocycles. The summed E-state index contributed by atoms with van der Waals surface area (Å²) in [6, 6.07) is 31.8. The first kappa shape index (κ1) is 21.7. The molecule has 0 aromatic heterocycles. The van der Waals surface area contributed by atoms with Crippen LogP contribution in [0.2, 0.25) is 0 Å². The van der Waals surface area contributed by atoms with E-state index in [-0.39, 0.29) is 36.0 Å². The Morgan fingerprint density at radius 3 is 1.44 bits per heavy atom. The van der Waals surface area contributed by atoms with Crippen LogP contribution in [0.1, 0.15) is 19.3 Å². The van der Waals surface area contributed by atoms with E-state index in [4.69, 9.17) is 5.11 Å². The Hall–Kier alpha value is -1.57. The molecule has 3 aromatic carbocycles. The second-order valence-electron chi connectivity index (χ2n) is 6.20. The van der Waals surface area contributed by atoms with Crippen LogP contribution in [0.25, 0.3) is 0 Å². The number of rotatable bonds is 7. The van der Waals surface area contributed by atoms with Crippen molar-refractivity contribution in [3.63, 3.8) is 0 Å². The molecule has 3 aromatic rings. The van der Waals surface area contributed by atoms with Crippen LogP contribution in [-0.4, -0.2) is 46.4 Å². The van der Waals surface area contributed by atoms with Gasteiger partial charge >= 0.3 is 35.5 Å². The second-order valence-corrected chi connectivity index (χ2v) is 9.56. The molecule has 1 N–H and O–H groups in total. The zero-order valence-electron chi connectivity index (χ0n) is 14.7. The third-order valence-electron chi connectivity index (χ3n) is 4.49. The van der Waals surface area contributed by atoms with E-state index in [0.29, 0.717) is 6.42 Å². The van der Waals surface area contributed by atoms with E-state index in [1.807, 2.05) is 18.2 Å². The van der Waals surface area contributed by atoms with Crippen LogP contribution in [0.4, 0.5) is 0 Å². The van der Waals surface area contributed by atoms with Gasteiger partial charge in [0, 0.05) is 6.42 Å². The van der Waals surface area contributed by atoms with Gasteiger partial charge in [0.25, 0.3) is 0 Å². The van der Waals surface area contributed by atoms with Crippen LogP contribution in [0.15, 0.2) is 91.0 Å². The number of hydrogen-bond acceptors (Lipinski definition) is 1. The van der Waals surface area contributed by atoms with Crippen LogP contribution in [0.3, 0.4) is 0 Å². The number of benzene rings is 3. The molecule has 0 amide bonds. The van der Waals surface area contributed by atoms with Gasteiger partial charge in [-0.05, 0) is 35.6 Å². The summed E-state index contributed by atoms with van der Waals surface area (Å²) in [7, 11) is 0. The van der Waals surface area contributed by atoms with E-state index in [0.717, 1.165) is 6.42 Å². The third kappa shape index (κ3) is 5.24. The van der Waals surface area contributed by atoms with Crippen LogP contribution in [0.5, 0.6) is 0 Å². The molecule has 0 aliphatic carbocycles. The molecular formula is C23H24NaO2P.